The molecule has 0 saturated heterocycles. The van der Waals surface area contributed by atoms with E-state index >= 15 is 0 Å². The van der Waals surface area contributed by atoms with Crippen LogP contribution in [0.5, 0.6) is 5.75 Å². The monoisotopic (exact) mass is 331 g/mol. The fourth-order valence-electron chi connectivity index (χ4n) is 2.32. The fraction of sp³-hybridized carbons (Fsp3) is 0.214. The maximum atomic E-state index is 14.1. The van der Waals surface area contributed by atoms with Crippen molar-refractivity contribution in [2.45, 2.75) is 12.5 Å². The molecule has 0 aliphatic carbocycles. The third-order valence-electron chi connectivity index (χ3n) is 3.28. The molecule has 0 radical (unpaired) electrons. The summed E-state index contributed by atoms with van der Waals surface area (Å²) in [7, 11) is 0. The lowest BCUT2D eigenvalue weighted by atomic mass is 10.0. The lowest BCUT2D eigenvalue weighted by molar-refractivity contribution is 0.232. The number of ether oxygens (including phenoxy) is 1. The van der Waals surface area contributed by atoms with Gasteiger partial charge in [-0.15, -0.1) is 24.8 Å². The van der Waals surface area contributed by atoms with E-state index < -0.39 is 0 Å². The van der Waals surface area contributed by atoms with E-state index in [1.54, 1.807) is 18.5 Å². The molecule has 7 heteroatoms. The van der Waals surface area contributed by atoms with Crippen molar-refractivity contribution in [3.63, 3.8) is 0 Å². The number of benzene rings is 1. The minimum atomic E-state index is -0.383. The van der Waals surface area contributed by atoms with Crippen LogP contribution in [0.15, 0.2) is 30.6 Å². The van der Waals surface area contributed by atoms with Gasteiger partial charge in [-0.2, -0.15) is 0 Å². The van der Waals surface area contributed by atoms with Gasteiger partial charge in [0.25, 0.3) is 0 Å². The normalized spacial score (nSPS) is 15.4. The molecule has 1 aliphatic rings. The summed E-state index contributed by atoms with van der Waals surface area (Å²) >= 11 is 0. The van der Waals surface area contributed by atoms with Crippen LogP contribution in [0.25, 0.3) is 11.1 Å². The molecule has 1 aromatic carbocycles. The van der Waals surface area contributed by atoms with E-state index in [1.807, 2.05) is 6.07 Å². The average molecular weight is 332 g/mol. The molecule has 0 amide bonds. The van der Waals surface area contributed by atoms with Crippen LogP contribution >= 0.6 is 24.8 Å². The van der Waals surface area contributed by atoms with Gasteiger partial charge < -0.3 is 16.2 Å². The Morgan fingerprint density at radius 3 is 2.76 bits per heavy atom. The molecule has 0 saturated carbocycles. The van der Waals surface area contributed by atoms with Crippen LogP contribution < -0.4 is 16.2 Å². The molecular weight excluding hydrogens is 316 g/mol. The van der Waals surface area contributed by atoms with E-state index in [2.05, 4.69) is 4.98 Å². The van der Waals surface area contributed by atoms with Gasteiger partial charge in [0, 0.05) is 42.2 Å². The second-order valence-electron chi connectivity index (χ2n) is 4.59. The van der Waals surface area contributed by atoms with Gasteiger partial charge in [0.2, 0.25) is 0 Å². The van der Waals surface area contributed by atoms with Gasteiger partial charge in [0.05, 0.1) is 0 Å². The maximum Gasteiger partial charge on any atom is 0.165 e. The van der Waals surface area contributed by atoms with Crippen molar-refractivity contribution in [1.29, 1.82) is 0 Å². The molecule has 2 heterocycles. The van der Waals surface area contributed by atoms with Crippen LogP contribution in [0, 0.1) is 5.82 Å². The largest absolute Gasteiger partial charge is 0.485 e. The molecule has 1 unspecified atom stereocenters. The number of nitrogens with two attached hydrogens (primary N) is 2. The molecule has 0 spiro atoms. The summed E-state index contributed by atoms with van der Waals surface area (Å²) in [5.74, 6) is -0.0756. The summed E-state index contributed by atoms with van der Waals surface area (Å²) < 4.78 is 19.5. The van der Waals surface area contributed by atoms with Crippen molar-refractivity contribution in [3.05, 3.63) is 42.0 Å². The zero-order chi connectivity index (χ0) is 13.4. The van der Waals surface area contributed by atoms with Crippen LogP contribution in [0.4, 0.5) is 10.1 Å². The third-order valence-corrected chi connectivity index (χ3v) is 3.28. The van der Waals surface area contributed by atoms with E-state index in [1.165, 1.54) is 6.07 Å². The zero-order valence-corrected chi connectivity index (χ0v) is 12.7. The number of nitrogens with zero attached hydrogens (tertiary/aromatic N) is 1. The predicted molar refractivity (Wildman–Crippen MR) is 85.7 cm³/mol. The smallest absolute Gasteiger partial charge is 0.165 e. The van der Waals surface area contributed by atoms with Gasteiger partial charge in [0.1, 0.15) is 6.10 Å². The summed E-state index contributed by atoms with van der Waals surface area (Å²) in [6.07, 6.45) is 3.71. The van der Waals surface area contributed by atoms with Crippen LogP contribution in [0.2, 0.25) is 0 Å². The summed E-state index contributed by atoms with van der Waals surface area (Å²) in [6.45, 7) is 0.373. The molecule has 1 aromatic heterocycles. The highest BCUT2D eigenvalue weighted by atomic mass is 35.5. The summed E-state index contributed by atoms with van der Waals surface area (Å²) in [6, 6.07) is 5.01. The highest BCUT2D eigenvalue weighted by molar-refractivity contribution is 5.85. The minimum Gasteiger partial charge on any atom is -0.485 e. The molecule has 4 N–H and O–H groups in total. The molecule has 1 aliphatic heterocycles. The number of rotatable bonds is 2. The van der Waals surface area contributed by atoms with Crippen LogP contribution in [0.3, 0.4) is 0 Å². The summed E-state index contributed by atoms with van der Waals surface area (Å²) in [5, 5.41) is 0. The molecule has 4 nitrogen and oxygen atoms in total. The van der Waals surface area contributed by atoms with Crippen molar-refractivity contribution in [3.8, 4) is 16.9 Å². The molecule has 0 bridgehead atoms. The molecule has 114 valence electrons. The van der Waals surface area contributed by atoms with E-state index in [9.17, 15) is 4.39 Å². The first kappa shape index (κ1) is 17.5. The van der Waals surface area contributed by atoms with Crippen molar-refractivity contribution in [2.24, 2.45) is 5.73 Å². The van der Waals surface area contributed by atoms with E-state index in [0.717, 1.165) is 11.1 Å². The van der Waals surface area contributed by atoms with Gasteiger partial charge >= 0.3 is 0 Å². The van der Waals surface area contributed by atoms with E-state index in [-0.39, 0.29) is 36.7 Å². The Labute approximate surface area is 134 Å². The number of pyridine rings is 1. The highest BCUT2D eigenvalue weighted by Crippen LogP contribution is 2.36. The lowest BCUT2D eigenvalue weighted by Gasteiger charge is -2.08. The Hall–Kier alpha value is -1.56. The van der Waals surface area contributed by atoms with E-state index in [0.29, 0.717) is 30.0 Å². The Morgan fingerprint density at radius 2 is 2.10 bits per heavy atom. The number of anilines is 1. The molecule has 0 fully saturated rings. The highest BCUT2D eigenvalue weighted by Gasteiger charge is 2.26. The average Bonchev–Trinajstić information content (AvgIpc) is 2.83. The number of halogens is 3. The fourth-order valence-corrected chi connectivity index (χ4v) is 2.32. The van der Waals surface area contributed by atoms with Gasteiger partial charge in [0.15, 0.2) is 11.6 Å². The number of fused-ring (bicyclic) bond motifs is 1. The van der Waals surface area contributed by atoms with Gasteiger partial charge in [-0.05, 0) is 23.8 Å². The number of hydrogen-bond acceptors (Lipinski definition) is 4. The Balaban J connectivity index is 0.00000110. The second-order valence-corrected chi connectivity index (χ2v) is 4.59. The maximum absolute atomic E-state index is 14.1. The van der Waals surface area contributed by atoms with Crippen molar-refractivity contribution in [1.82, 2.24) is 4.98 Å². The summed E-state index contributed by atoms with van der Waals surface area (Å²) in [5.41, 5.74) is 14.3. The molecule has 1 atom stereocenters. The zero-order valence-electron chi connectivity index (χ0n) is 11.1. The lowest BCUT2D eigenvalue weighted by Crippen LogP contribution is -2.24. The number of aromatic nitrogens is 1. The molecular formula is C14H16Cl2FN3O. The number of hydrogen-bond donors (Lipinski definition) is 2. The first-order valence-corrected chi connectivity index (χ1v) is 6.08. The Kier molecular flexibility index (Phi) is 5.78. The molecule has 2 aromatic rings. The first-order valence-electron chi connectivity index (χ1n) is 6.08. The van der Waals surface area contributed by atoms with Crippen molar-refractivity contribution >= 4 is 30.5 Å². The Bertz CT molecular complexity index is 640. The molecule has 21 heavy (non-hydrogen) atoms. The third kappa shape index (κ3) is 3.20. The van der Waals surface area contributed by atoms with Gasteiger partial charge in [-0.3, -0.25) is 4.98 Å². The summed E-state index contributed by atoms with van der Waals surface area (Å²) in [4.78, 5) is 4.02. The van der Waals surface area contributed by atoms with Gasteiger partial charge in [-0.1, -0.05) is 0 Å². The Morgan fingerprint density at radius 1 is 1.33 bits per heavy atom. The van der Waals surface area contributed by atoms with Crippen LogP contribution in [-0.4, -0.2) is 17.6 Å². The van der Waals surface area contributed by atoms with Crippen molar-refractivity contribution in [2.75, 3.05) is 12.3 Å². The quantitative estimate of drug-likeness (QED) is 0.886. The predicted octanol–water partition coefficient (Wildman–Crippen LogP) is 2.58. The first-order chi connectivity index (χ1) is 9.19. The van der Waals surface area contributed by atoms with Crippen molar-refractivity contribution < 1.29 is 9.13 Å². The topological polar surface area (TPSA) is 74.2 Å². The molecule has 3 rings (SSSR count). The van der Waals surface area contributed by atoms with Gasteiger partial charge in [-0.25, -0.2) is 4.39 Å². The van der Waals surface area contributed by atoms with E-state index in [4.69, 9.17) is 16.2 Å². The van der Waals surface area contributed by atoms with Crippen LogP contribution in [0.1, 0.15) is 5.56 Å². The number of nitrogen functional groups attached to an aromatic ring is 1. The SMILES string of the molecule is Cl.Cl.NCC1Cc2cc(-c3cnccc3N)cc(F)c2O1. The van der Waals surface area contributed by atoms with Crippen LogP contribution in [-0.2, 0) is 6.42 Å². The second kappa shape index (κ2) is 6.93. The standard InChI is InChI=1S/C14H14FN3O.2ClH/c15-12-5-8(11-7-18-2-1-13(11)17)3-9-4-10(6-16)19-14(9)12;;/h1-3,5,7,10H,4,6,16H2,(H2,17,18);2*1H. The minimum absolute atomic E-state index is 0.